The Balaban J connectivity index is 0. The number of methoxy groups -OCH3 is 1. The predicted octanol–water partition coefficient (Wildman–Crippen LogP) is 1.15. The van der Waals surface area contributed by atoms with Crippen LogP contribution in [0, 0.1) is 6.92 Å². The Morgan fingerprint density at radius 1 is 1.59 bits per heavy atom. The summed E-state index contributed by atoms with van der Waals surface area (Å²) < 4.78 is 4.92. The molecule has 1 unspecified atom stereocenters. The third-order valence-electron chi connectivity index (χ3n) is 2.06. The van der Waals surface area contributed by atoms with Gasteiger partial charge >= 0.3 is 0 Å². The van der Waals surface area contributed by atoms with Crippen molar-refractivity contribution in [3.63, 3.8) is 0 Å². The molecule has 0 spiro atoms. The topological polar surface area (TPSA) is 77.2 Å². The zero-order valence-corrected chi connectivity index (χ0v) is 11.3. The van der Waals surface area contributed by atoms with Gasteiger partial charge in [0.1, 0.15) is 6.10 Å². The number of hydrogen-bond donors (Lipinski definition) is 2. The first-order valence-electron chi connectivity index (χ1n) is 4.64. The summed E-state index contributed by atoms with van der Waals surface area (Å²) in [6.45, 7) is 1.97. The zero-order chi connectivity index (χ0) is 11.3. The minimum Gasteiger partial charge on any atom is -0.370 e. The van der Waals surface area contributed by atoms with Gasteiger partial charge < -0.3 is 15.8 Å². The Morgan fingerprint density at radius 3 is 2.71 bits per heavy atom. The molecule has 1 amide bonds. The lowest BCUT2D eigenvalue weighted by molar-refractivity contribution is -0.125. The zero-order valence-electron chi connectivity index (χ0n) is 9.67. The average Bonchev–Trinajstić information content (AvgIpc) is 2.23. The highest BCUT2D eigenvalue weighted by Crippen LogP contribution is 2.10. The molecule has 17 heavy (non-hydrogen) atoms. The molecule has 0 fully saturated rings. The van der Waals surface area contributed by atoms with E-state index in [0.717, 1.165) is 5.69 Å². The van der Waals surface area contributed by atoms with Crippen LogP contribution in [0.5, 0.6) is 0 Å². The number of hydrogen-bond acceptors (Lipinski definition) is 4. The molecular weight excluding hydrogens is 265 g/mol. The van der Waals surface area contributed by atoms with E-state index in [4.69, 9.17) is 10.5 Å². The van der Waals surface area contributed by atoms with Gasteiger partial charge in [0.05, 0.1) is 11.4 Å². The number of amides is 1. The van der Waals surface area contributed by atoms with E-state index in [0.29, 0.717) is 5.69 Å². The summed E-state index contributed by atoms with van der Waals surface area (Å²) in [4.78, 5) is 15.6. The fraction of sp³-hybridized carbons (Fsp3) is 0.400. The fourth-order valence-electron chi connectivity index (χ4n) is 1.14. The van der Waals surface area contributed by atoms with Crippen molar-refractivity contribution in [1.82, 2.24) is 4.98 Å². The number of aryl methyl sites for hydroxylation is 1. The largest absolute Gasteiger partial charge is 0.370 e. The van der Waals surface area contributed by atoms with Crippen LogP contribution in [0.4, 0.5) is 5.69 Å². The number of anilines is 1. The van der Waals surface area contributed by atoms with Gasteiger partial charge in [-0.3, -0.25) is 9.78 Å². The summed E-state index contributed by atoms with van der Waals surface area (Å²) in [5, 5.41) is 2.71. The number of halogens is 2. The number of pyridine rings is 1. The molecule has 1 rings (SSSR count). The van der Waals surface area contributed by atoms with E-state index >= 15 is 0 Å². The molecule has 0 saturated carbocycles. The lowest BCUT2D eigenvalue weighted by atomic mass is 10.2. The van der Waals surface area contributed by atoms with E-state index in [1.54, 1.807) is 18.3 Å². The van der Waals surface area contributed by atoms with Gasteiger partial charge in [0.25, 0.3) is 5.91 Å². The third-order valence-corrected chi connectivity index (χ3v) is 2.06. The van der Waals surface area contributed by atoms with Crippen molar-refractivity contribution in [2.75, 3.05) is 19.0 Å². The first-order valence-corrected chi connectivity index (χ1v) is 4.64. The van der Waals surface area contributed by atoms with Crippen molar-refractivity contribution < 1.29 is 9.53 Å². The predicted molar refractivity (Wildman–Crippen MR) is 72.0 cm³/mol. The lowest BCUT2D eigenvalue weighted by Gasteiger charge is -2.13. The van der Waals surface area contributed by atoms with Crippen molar-refractivity contribution in [2.45, 2.75) is 13.0 Å². The van der Waals surface area contributed by atoms with E-state index in [9.17, 15) is 4.79 Å². The van der Waals surface area contributed by atoms with Gasteiger partial charge in [0.15, 0.2) is 0 Å². The van der Waals surface area contributed by atoms with Crippen molar-refractivity contribution in [1.29, 1.82) is 0 Å². The lowest BCUT2D eigenvalue weighted by Crippen LogP contribution is -2.36. The highest BCUT2D eigenvalue weighted by atomic mass is 35.5. The molecule has 98 valence electrons. The Hall–Kier alpha value is -0.880. The quantitative estimate of drug-likeness (QED) is 0.868. The molecule has 1 aromatic heterocycles. The number of carbonyl (C=O) groups excluding carboxylic acids is 1. The summed E-state index contributed by atoms with van der Waals surface area (Å²) >= 11 is 0. The molecule has 1 heterocycles. The van der Waals surface area contributed by atoms with E-state index in [-0.39, 0.29) is 37.3 Å². The number of nitrogens with one attached hydrogen (secondary N) is 1. The van der Waals surface area contributed by atoms with Gasteiger partial charge in [0, 0.05) is 19.9 Å². The number of nitrogens with zero attached hydrogens (tertiary/aromatic N) is 1. The van der Waals surface area contributed by atoms with Crippen LogP contribution in [0.3, 0.4) is 0 Å². The van der Waals surface area contributed by atoms with Gasteiger partial charge in [-0.2, -0.15) is 0 Å². The van der Waals surface area contributed by atoms with Crippen LogP contribution in [-0.2, 0) is 9.53 Å². The molecule has 0 aliphatic rings. The second-order valence-corrected chi connectivity index (χ2v) is 3.09. The van der Waals surface area contributed by atoms with Crippen LogP contribution < -0.4 is 11.1 Å². The summed E-state index contributed by atoms with van der Waals surface area (Å²) in [5.74, 6) is -0.254. The van der Waals surface area contributed by atoms with Crippen LogP contribution in [-0.4, -0.2) is 30.6 Å². The summed E-state index contributed by atoms with van der Waals surface area (Å²) in [7, 11) is 1.45. The van der Waals surface area contributed by atoms with Crippen molar-refractivity contribution in [2.24, 2.45) is 5.73 Å². The number of aromatic nitrogens is 1. The van der Waals surface area contributed by atoms with Crippen LogP contribution >= 0.6 is 24.8 Å². The van der Waals surface area contributed by atoms with Crippen molar-refractivity contribution in [3.05, 3.63) is 24.0 Å². The number of nitrogens with two attached hydrogens (primary N) is 1. The standard InChI is InChI=1S/C10H15N3O2.2ClH/c1-7-8(4-3-5-12-7)13-10(14)9(6-11)15-2;;/h3-5,9H,6,11H2,1-2H3,(H,13,14);2*1H. The summed E-state index contributed by atoms with van der Waals surface area (Å²) in [6.07, 6.45) is 1.05. The van der Waals surface area contributed by atoms with Gasteiger partial charge in [-0.1, -0.05) is 0 Å². The molecule has 0 radical (unpaired) electrons. The maximum absolute atomic E-state index is 11.6. The Kier molecular flexibility index (Phi) is 9.98. The maximum Gasteiger partial charge on any atom is 0.254 e. The molecule has 0 aromatic carbocycles. The van der Waals surface area contributed by atoms with Gasteiger partial charge in [-0.15, -0.1) is 24.8 Å². The summed E-state index contributed by atoms with van der Waals surface area (Å²) in [6, 6.07) is 3.54. The van der Waals surface area contributed by atoms with Crippen LogP contribution in [0.1, 0.15) is 5.69 Å². The van der Waals surface area contributed by atoms with Crippen molar-refractivity contribution >= 4 is 36.4 Å². The first kappa shape index (κ1) is 18.5. The van der Waals surface area contributed by atoms with E-state index in [2.05, 4.69) is 10.3 Å². The van der Waals surface area contributed by atoms with Crippen molar-refractivity contribution in [3.8, 4) is 0 Å². The number of ether oxygens (including phenoxy) is 1. The maximum atomic E-state index is 11.6. The number of rotatable bonds is 4. The second kappa shape index (κ2) is 9.18. The smallest absolute Gasteiger partial charge is 0.254 e. The Bertz CT molecular complexity index is 346. The van der Waals surface area contributed by atoms with Crippen LogP contribution in [0.2, 0.25) is 0 Å². The van der Waals surface area contributed by atoms with E-state index < -0.39 is 6.10 Å². The molecule has 0 aliphatic heterocycles. The molecular formula is C10H17Cl2N3O2. The van der Waals surface area contributed by atoms with Gasteiger partial charge in [0.2, 0.25) is 0 Å². The SMILES string of the molecule is COC(CN)C(=O)Nc1cccnc1C.Cl.Cl. The molecule has 5 nitrogen and oxygen atoms in total. The van der Waals surface area contributed by atoms with Crippen LogP contribution in [0.15, 0.2) is 18.3 Å². The minimum atomic E-state index is -0.621. The highest BCUT2D eigenvalue weighted by molar-refractivity contribution is 5.94. The molecule has 0 saturated heterocycles. The molecule has 0 bridgehead atoms. The first-order chi connectivity index (χ1) is 7.19. The van der Waals surface area contributed by atoms with E-state index in [1.165, 1.54) is 7.11 Å². The Morgan fingerprint density at radius 2 is 2.24 bits per heavy atom. The monoisotopic (exact) mass is 281 g/mol. The third kappa shape index (κ3) is 5.32. The van der Waals surface area contributed by atoms with Crippen LogP contribution in [0.25, 0.3) is 0 Å². The Labute approximate surface area is 113 Å². The number of carbonyl (C=O) groups is 1. The second-order valence-electron chi connectivity index (χ2n) is 3.09. The molecule has 1 aromatic rings. The molecule has 7 heteroatoms. The molecule has 0 aliphatic carbocycles. The summed E-state index contributed by atoms with van der Waals surface area (Å²) in [5.41, 5.74) is 6.81. The average molecular weight is 282 g/mol. The fourth-order valence-corrected chi connectivity index (χ4v) is 1.14. The van der Waals surface area contributed by atoms with E-state index in [1.807, 2.05) is 6.92 Å². The highest BCUT2D eigenvalue weighted by Gasteiger charge is 2.16. The van der Waals surface area contributed by atoms with Gasteiger partial charge in [-0.25, -0.2) is 0 Å². The molecule has 1 atom stereocenters. The minimum absolute atomic E-state index is 0. The van der Waals surface area contributed by atoms with Gasteiger partial charge in [-0.05, 0) is 19.1 Å². The molecule has 3 N–H and O–H groups in total. The normalized spacial score (nSPS) is 10.8.